The van der Waals surface area contributed by atoms with Crippen molar-refractivity contribution < 1.29 is 0 Å². The van der Waals surface area contributed by atoms with Gasteiger partial charge in [0.1, 0.15) is 0 Å². The molecule has 4 heterocycles. The molecule has 1 aromatic carbocycles. The van der Waals surface area contributed by atoms with Gasteiger partial charge in [-0.15, -0.1) is 10.2 Å². The third-order valence-electron chi connectivity index (χ3n) is 4.50. The molecule has 0 atom stereocenters. The zero-order valence-electron chi connectivity index (χ0n) is 15.4. The topological polar surface area (TPSA) is 86.7 Å². The van der Waals surface area contributed by atoms with Crippen molar-refractivity contribution >= 4 is 21.6 Å². The summed E-state index contributed by atoms with van der Waals surface area (Å²) in [5, 5.41) is 17.5. The lowest BCUT2D eigenvalue weighted by atomic mass is 10.1. The largest absolute Gasteiger partial charge is 0.275 e. The fraction of sp³-hybridized carbons (Fsp3) is 0.100. The molecule has 4 aromatic heterocycles. The van der Waals surface area contributed by atoms with E-state index in [1.807, 2.05) is 43.6 Å². The van der Waals surface area contributed by atoms with Crippen molar-refractivity contribution in [3.63, 3.8) is 0 Å². The predicted molar refractivity (Wildman–Crippen MR) is 111 cm³/mol. The predicted octanol–water partition coefficient (Wildman–Crippen LogP) is 3.34. The first-order valence-corrected chi connectivity index (χ1v) is 9.72. The molecule has 0 spiro atoms. The van der Waals surface area contributed by atoms with Crippen LogP contribution in [-0.2, 0) is 13.5 Å². The maximum Gasteiger partial charge on any atom is 0.177 e. The van der Waals surface area contributed by atoms with Gasteiger partial charge in [-0.05, 0) is 39.7 Å². The number of hydrogen-bond acceptors (Lipinski definition) is 6. The van der Waals surface area contributed by atoms with Crippen molar-refractivity contribution in [2.45, 2.75) is 6.42 Å². The molecule has 29 heavy (non-hydrogen) atoms. The monoisotopic (exact) mass is 446 g/mol. The van der Waals surface area contributed by atoms with Crippen LogP contribution in [0.2, 0.25) is 0 Å². The summed E-state index contributed by atoms with van der Waals surface area (Å²) in [5.74, 6) is 1.44. The Bertz CT molecular complexity index is 1310. The van der Waals surface area contributed by atoms with Crippen molar-refractivity contribution in [1.29, 1.82) is 0 Å². The maximum absolute atomic E-state index is 4.71. The Kier molecular flexibility index (Phi) is 4.36. The molecule has 0 unspecified atom stereocenters. The molecule has 8 nitrogen and oxygen atoms in total. The maximum atomic E-state index is 4.71. The Morgan fingerprint density at radius 3 is 2.62 bits per heavy atom. The molecule has 5 rings (SSSR count). The highest BCUT2D eigenvalue weighted by Gasteiger charge is 2.11. The summed E-state index contributed by atoms with van der Waals surface area (Å²) in [4.78, 5) is 8.74. The summed E-state index contributed by atoms with van der Waals surface area (Å²) in [6, 6.07) is 11.9. The van der Waals surface area contributed by atoms with E-state index in [0.717, 1.165) is 32.7 Å². The van der Waals surface area contributed by atoms with Gasteiger partial charge < -0.3 is 0 Å². The Hall–Kier alpha value is -3.46. The van der Waals surface area contributed by atoms with Crippen LogP contribution in [0, 0.1) is 0 Å². The smallest absolute Gasteiger partial charge is 0.177 e. The second kappa shape index (κ2) is 7.17. The lowest BCUT2D eigenvalue weighted by molar-refractivity contribution is 0.768. The van der Waals surface area contributed by atoms with Crippen LogP contribution in [-0.4, -0.2) is 39.6 Å². The standard InChI is InChI=1S/C20H15BrN8/c1-28-12-15(9-24-28)17-5-6-18-25-26-19(29(18)27-17)8-13-3-2-4-14(7-13)20-22-10-16(21)11-23-20/h2-7,9-12H,8H2,1H3. The molecule has 9 heteroatoms. The van der Waals surface area contributed by atoms with Crippen molar-refractivity contribution in [1.82, 2.24) is 39.6 Å². The van der Waals surface area contributed by atoms with Gasteiger partial charge in [-0.1, -0.05) is 18.2 Å². The molecular formula is C20H15BrN8. The SMILES string of the molecule is Cn1cc(-c2ccc3nnc(Cc4cccc(-c5ncc(Br)cn5)c4)n3n2)cn1. The number of nitrogens with zero attached hydrogens (tertiary/aromatic N) is 8. The molecule has 0 aliphatic rings. The number of halogens is 1. The molecule has 0 amide bonds. The van der Waals surface area contributed by atoms with E-state index >= 15 is 0 Å². The van der Waals surface area contributed by atoms with Crippen LogP contribution in [0.4, 0.5) is 0 Å². The first kappa shape index (κ1) is 17.6. The fourth-order valence-electron chi connectivity index (χ4n) is 3.12. The summed E-state index contributed by atoms with van der Waals surface area (Å²) in [5.41, 5.74) is 4.51. The molecule has 0 N–H and O–H groups in total. The second-order valence-electron chi connectivity index (χ2n) is 6.61. The molecule has 5 aromatic rings. The van der Waals surface area contributed by atoms with Gasteiger partial charge in [0.05, 0.1) is 16.4 Å². The molecule has 0 saturated heterocycles. The van der Waals surface area contributed by atoms with Crippen LogP contribution in [0.15, 0.2) is 65.7 Å². The normalized spacial score (nSPS) is 11.2. The van der Waals surface area contributed by atoms with Crippen molar-refractivity contribution in [2.75, 3.05) is 0 Å². The van der Waals surface area contributed by atoms with E-state index in [-0.39, 0.29) is 0 Å². The van der Waals surface area contributed by atoms with E-state index in [1.165, 1.54) is 0 Å². The molecule has 0 saturated carbocycles. The van der Waals surface area contributed by atoms with Crippen molar-refractivity contribution in [3.8, 4) is 22.6 Å². The van der Waals surface area contributed by atoms with Crippen LogP contribution in [0.1, 0.15) is 11.4 Å². The summed E-state index contributed by atoms with van der Waals surface area (Å²) in [7, 11) is 1.88. The lowest BCUT2D eigenvalue weighted by Gasteiger charge is -2.05. The van der Waals surface area contributed by atoms with Gasteiger partial charge in [0, 0.05) is 43.2 Å². The van der Waals surface area contributed by atoms with Crippen molar-refractivity contribution in [3.05, 3.63) is 77.0 Å². The molecule has 0 radical (unpaired) electrons. The summed E-state index contributed by atoms with van der Waals surface area (Å²) < 4.78 is 4.39. The van der Waals surface area contributed by atoms with Crippen LogP contribution in [0.5, 0.6) is 0 Å². The minimum atomic E-state index is 0.592. The minimum absolute atomic E-state index is 0.592. The summed E-state index contributed by atoms with van der Waals surface area (Å²) >= 11 is 3.36. The molecule has 0 bridgehead atoms. The number of aryl methyl sites for hydroxylation is 1. The van der Waals surface area contributed by atoms with E-state index in [2.05, 4.69) is 47.3 Å². The van der Waals surface area contributed by atoms with Crippen LogP contribution in [0.25, 0.3) is 28.3 Å². The van der Waals surface area contributed by atoms with Gasteiger partial charge in [-0.2, -0.15) is 14.7 Å². The van der Waals surface area contributed by atoms with Crippen LogP contribution < -0.4 is 0 Å². The summed E-state index contributed by atoms with van der Waals surface area (Å²) in [6.07, 6.45) is 7.80. The van der Waals surface area contributed by atoms with Gasteiger partial charge in [0.2, 0.25) is 0 Å². The van der Waals surface area contributed by atoms with E-state index in [1.54, 1.807) is 27.8 Å². The Balaban J connectivity index is 1.49. The van der Waals surface area contributed by atoms with Crippen molar-refractivity contribution in [2.24, 2.45) is 7.05 Å². The second-order valence-corrected chi connectivity index (χ2v) is 7.53. The molecule has 0 aliphatic heterocycles. The first-order valence-electron chi connectivity index (χ1n) is 8.93. The third kappa shape index (κ3) is 3.52. The highest BCUT2D eigenvalue weighted by atomic mass is 79.9. The first-order chi connectivity index (χ1) is 14.2. The minimum Gasteiger partial charge on any atom is -0.275 e. The highest BCUT2D eigenvalue weighted by Crippen LogP contribution is 2.20. The number of hydrogen-bond donors (Lipinski definition) is 0. The molecular weight excluding hydrogens is 432 g/mol. The zero-order chi connectivity index (χ0) is 19.8. The van der Waals surface area contributed by atoms with Gasteiger partial charge in [-0.25, -0.2) is 9.97 Å². The van der Waals surface area contributed by atoms with Gasteiger partial charge >= 0.3 is 0 Å². The Labute approximate surface area is 174 Å². The summed E-state index contributed by atoms with van der Waals surface area (Å²) in [6.45, 7) is 0. The van der Waals surface area contributed by atoms with Gasteiger partial charge in [0.15, 0.2) is 17.3 Å². The average Bonchev–Trinajstić information content (AvgIpc) is 3.35. The number of aromatic nitrogens is 8. The van der Waals surface area contributed by atoms with Crippen LogP contribution >= 0.6 is 15.9 Å². The van der Waals surface area contributed by atoms with Crippen LogP contribution in [0.3, 0.4) is 0 Å². The van der Waals surface area contributed by atoms with Gasteiger partial charge in [-0.3, -0.25) is 4.68 Å². The number of rotatable bonds is 4. The molecule has 0 aliphatic carbocycles. The van der Waals surface area contributed by atoms with E-state index in [0.29, 0.717) is 17.9 Å². The molecule has 142 valence electrons. The highest BCUT2D eigenvalue weighted by molar-refractivity contribution is 9.10. The van der Waals surface area contributed by atoms with Gasteiger partial charge in [0.25, 0.3) is 0 Å². The lowest BCUT2D eigenvalue weighted by Crippen LogP contribution is -2.01. The fourth-order valence-corrected chi connectivity index (χ4v) is 3.32. The quantitative estimate of drug-likeness (QED) is 0.420. The zero-order valence-corrected chi connectivity index (χ0v) is 17.0. The van der Waals surface area contributed by atoms with E-state index in [4.69, 9.17) is 5.10 Å². The number of fused-ring (bicyclic) bond motifs is 1. The Morgan fingerprint density at radius 2 is 1.83 bits per heavy atom. The van der Waals surface area contributed by atoms with E-state index in [9.17, 15) is 0 Å². The molecule has 0 fully saturated rings. The third-order valence-corrected chi connectivity index (χ3v) is 4.91. The van der Waals surface area contributed by atoms with E-state index < -0.39 is 0 Å². The average molecular weight is 447 g/mol. The number of benzene rings is 1. The Morgan fingerprint density at radius 1 is 0.966 bits per heavy atom.